The highest BCUT2D eigenvalue weighted by Gasteiger charge is 2.21. The lowest BCUT2D eigenvalue weighted by atomic mass is 10.3. The van der Waals surface area contributed by atoms with Crippen LogP contribution in [0.3, 0.4) is 0 Å². The summed E-state index contributed by atoms with van der Waals surface area (Å²) in [5.41, 5.74) is 0.751. The zero-order valence-corrected chi connectivity index (χ0v) is 15.4. The molecule has 0 amide bonds. The molecule has 2 aromatic heterocycles. The zero-order valence-electron chi connectivity index (χ0n) is 14.5. The number of nitrogens with zero attached hydrogens (tertiary/aromatic N) is 3. The fraction of sp³-hybridized carbons (Fsp3) is 0.294. The molecule has 0 aliphatic heterocycles. The molecule has 0 aliphatic carbocycles. The van der Waals surface area contributed by atoms with Gasteiger partial charge in [0.05, 0.1) is 17.7 Å². The van der Waals surface area contributed by atoms with Gasteiger partial charge in [-0.1, -0.05) is 19.0 Å². The fourth-order valence-corrected chi connectivity index (χ4v) is 3.93. The highest BCUT2D eigenvalue weighted by Crippen LogP contribution is 2.19. The summed E-state index contributed by atoms with van der Waals surface area (Å²) in [4.78, 5) is 4.50. The molecule has 26 heavy (non-hydrogen) atoms. The van der Waals surface area contributed by atoms with E-state index in [1.807, 2.05) is 13.8 Å². The van der Waals surface area contributed by atoms with Crippen LogP contribution in [0.1, 0.15) is 19.7 Å². The highest BCUT2D eigenvalue weighted by atomic mass is 32.2. The molecule has 0 fully saturated rings. The van der Waals surface area contributed by atoms with E-state index in [0.29, 0.717) is 37.1 Å². The first kappa shape index (κ1) is 18.2. The molecular formula is C17H20N4O4S. The van der Waals surface area contributed by atoms with Crippen LogP contribution in [0.5, 0.6) is 0 Å². The van der Waals surface area contributed by atoms with Gasteiger partial charge in [-0.25, -0.2) is 8.42 Å². The van der Waals surface area contributed by atoms with Crippen LogP contribution in [0.15, 0.2) is 56.5 Å². The number of furan rings is 1. The van der Waals surface area contributed by atoms with E-state index in [2.05, 4.69) is 15.5 Å². The minimum Gasteiger partial charge on any atom is -0.461 e. The summed E-state index contributed by atoms with van der Waals surface area (Å²) in [5, 5.41) is 6.97. The molecule has 1 aromatic carbocycles. The Bertz CT molecular complexity index is 930. The van der Waals surface area contributed by atoms with E-state index in [4.69, 9.17) is 8.94 Å². The van der Waals surface area contributed by atoms with Gasteiger partial charge < -0.3 is 14.3 Å². The van der Waals surface area contributed by atoms with E-state index in [1.165, 1.54) is 10.6 Å². The number of hydrogen-bond donors (Lipinski definition) is 1. The maximum Gasteiger partial charge on any atom is 0.246 e. The molecule has 0 spiro atoms. The largest absolute Gasteiger partial charge is 0.461 e. The van der Waals surface area contributed by atoms with Gasteiger partial charge in [0.2, 0.25) is 21.7 Å². The summed E-state index contributed by atoms with van der Waals surface area (Å²) < 4.78 is 36.7. The van der Waals surface area contributed by atoms with Gasteiger partial charge in [0.1, 0.15) is 0 Å². The monoisotopic (exact) mass is 376 g/mol. The number of aromatic nitrogens is 2. The Kier molecular flexibility index (Phi) is 5.38. The van der Waals surface area contributed by atoms with Gasteiger partial charge in [0, 0.05) is 18.8 Å². The van der Waals surface area contributed by atoms with Crippen LogP contribution in [-0.2, 0) is 16.6 Å². The van der Waals surface area contributed by atoms with Gasteiger partial charge in [-0.3, -0.25) is 0 Å². The van der Waals surface area contributed by atoms with Gasteiger partial charge in [0.25, 0.3) is 0 Å². The average Bonchev–Trinajstić information content (AvgIpc) is 3.32. The van der Waals surface area contributed by atoms with Gasteiger partial charge in [-0.15, -0.1) is 0 Å². The van der Waals surface area contributed by atoms with E-state index >= 15 is 0 Å². The lowest BCUT2D eigenvalue weighted by Gasteiger charge is -2.18. The van der Waals surface area contributed by atoms with E-state index in [1.54, 1.807) is 36.4 Å². The predicted molar refractivity (Wildman–Crippen MR) is 95.9 cm³/mol. The van der Waals surface area contributed by atoms with Crippen LogP contribution >= 0.6 is 0 Å². The molecule has 3 rings (SSSR count). The lowest BCUT2D eigenvalue weighted by molar-refractivity contribution is 0.382. The Hall–Kier alpha value is -2.65. The normalized spacial score (nSPS) is 11.8. The molecule has 1 N–H and O–H groups in total. The second-order valence-electron chi connectivity index (χ2n) is 5.46. The molecule has 0 bridgehead atoms. The van der Waals surface area contributed by atoms with Crippen molar-refractivity contribution in [2.24, 2.45) is 0 Å². The molecule has 138 valence electrons. The molecule has 3 aromatic rings. The van der Waals surface area contributed by atoms with Crippen molar-refractivity contribution in [3.05, 3.63) is 48.6 Å². The molecule has 0 atom stereocenters. The Morgan fingerprint density at radius 2 is 1.85 bits per heavy atom. The number of sulfonamides is 1. The maximum absolute atomic E-state index is 12.5. The number of benzene rings is 1. The summed E-state index contributed by atoms with van der Waals surface area (Å²) in [6.45, 7) is 4.83. The summed E-state index contributed by atoms with van der Waals surface area (Å²) >= 11 is 0. The number of hydrogen-bond acceptors (Lipinski definition) is 7. The number of anilines is 1. The van der Waals surface area contributed by atoms with Crippen molar-refractivity contribution in [2.75, 3.05) is 18.4 Å². The first-order valence-electron chi connectivity index (χ1n) is 8.25. The lowest BCUT2D eigenvalue weighted by Crippen LogP contribution is -2.30. The van der Waals surface area contributed by atoms with Crippen molar-refractivity contribution < 1.29 is 17.4 Å². The van der Waals surface area contributed by atoms with Crippen LogP contribution in [0.25, 0.3) is 11.6 Å². The quantitative estimate of drug-likeness (QED) is 0.645. The van der Waals surface area contributed by atoms with E-state index in [9.17, 15) is 8.42 Å². The van der Waals surface area contributed by atoms with Gasteiger partial charge in [0.15, 0.2) is 5.76 Å². The van der Waals surface area contributed by atoms with Crippen molar-refractivity contribution in [1.82, 2.24) is 14.4 Å². The first-order valence-corrected chi connectivity index (χ1v) is 9.69. The van der Waals surface area contributed by atoms with Crippen LogP contribution in [0.4, 0.5) is 5.69 Å². The van der Waals surface area contributed by atoms with Crippen molar-refractivity contribution in [3.8, 4) is 11.6 Å². The van der Waals surface area contributed by atoms with Gasteiger partial charge >= 0.3 is 0 Å². The second-order valence-corrected chi connectivity index (χ2v) is 7.39. The third-order valence-electron chi connectivity index (χ3n) is 3.85. The van der Waals surface area contributed by atoms with E-state index in [0.717, 1.165) is 5.69 Å². The van der Waals surface area contributed by atoms with Gasteiger partial charge in [-0.2, -0.15) is 9.29 Å². The molecule has 0 saturated heterocycles. The molecule has 0 unspecified atom stereocenters. The third-order valence-corrected chi connectivity index (χ3v) is 5.92. The van der Waals surface area contributed by atoms with Crippen LogP contribution < -0.4 is 5.32 Å². The number of nitrogens with one attached hydrogen (secondary N) is 1. The molecule has 9 heteroatoms. The molecule has 8 nitrogen and oxygen atoms in total. The molecule has 2 heterocycles. The topological polar surface area (TPSA) is 101 Å². The van der Waals surface area contributed by atoms with E-state index < -0.39 is 10.0 Å². The summed E-state index contributed by atoms with van der Waals surface area (Å²) in [6, 6.07) is 10.1. The minimum atomic E-state index is -3.45. The van der Waals surface area contributed by atoms with Crippen molar-refractivity contribution >= 4 is 15.7 Å². The molecule has 0 radical (unpaired) electrons. The molecular weight excluding hydrogens is 356 g/mol. The Morgan fingerprint density at radius 1 is 1.12 bits per heavy atom. The minimum absolute atomic E-state index is 0.268. The van der Waals surface area contributed by atoms with Gasteiger partial charge in [-0.05, 0) is 36.4 Å². The smallest absolute Gasteiger partial charge is 0.246 e. The predicted octanol–water partition coefficient (Wildman–Crippen LogP) is 2.97. The summed E-state index contributed by atoms with van der Waals surface area (Å²) in [5.74, 6) is 1.31. The second kappa shape index (κ2) is 7.71. The molecule has 0 saturated carbocycles. The Morgan fingerprint density at radius 3 is 2.46 bits per heavy atom. The summed E-state index contributed by atoms with van der Waals surface area (Å²) in [7, 11) is -3.45. The average molecular weight is 376 g/mol. The van der Waals surface area contributed by atoms with Crippen LogP contribution in [0, 0.1) is 0 Å². The number of rotatable bonds is 8. The van der Waals surface area contributed by atoms with Crippen molar-refractivity contribution in [3.63, 3.8) is 0 Å². The van der Waals surface area contributed by atoms with Crippen LogP contribution in [-0.4, -0.2) is 36.0 Å². The third kappa shape index (κ3) is 3.78. The Labute approximate surface area is 151 Å². The molecule has 0 aliphatic rings. The zero-order chi connectivity index (χ0) is 18.6. The van der Waals surface area contributed by atoms with E-state index in [-0.39, 0.29) is 4.90 Å². The SMILES string of the molecule is CCN(CC)S(=O)(=O)c1ccc(NCc2nc(-c3ccco3)no2)cc1. The van der Waals surface area contributed by atoms with Crippen LogP contribution in [0.2, 0.25) is 0 Å². The maximum atomic E-state index is 12.5. The van der Waals surface area contributed by atoms with Crippen molar-refractivity contribution in [1.29, 1.82) is 0 Å². The standard InChI is InChI=1S/C17H20N4O4S/c1-3-21(4-2)26(22,23)14-9-7-13(8-10-14)18-12-16-19-17(20-25-16)15-6-5-11-24-15/h5-11,18H,3-4,12H2,1-2H3. The summed E-state index contributed by atoms with van der Waals surface area (Å²) in [6.07, 6.45) is 1.54. The van der Waals surface area contributed by atoms with Crippen molar-refractivity contribution in [2.45, 2.75) is 25.3 Å². The highest BCUT2D eigenvalue weighted by molar-refractivity contribution is 7.89. The first-order chi connectivity index (χ1) is 12.5. The fourth-order valence-electron chi connectivity index (χ4n) is 2.47. The Balaban J connectivity index is 1.65.